The van der Waals surface area contributed by atoms with Crippen molar-refractivity contribution in [3.05, 3.63) is 106 Å². The minimum absolute atomic E-state index is 0.648. The molecule has 0 atom stereocenters. The summed E-state index contributed by atoms with van der Waals surface area (Å²) in [5.41, 5.74) is 12.2. The van der Waals surface area contributed by atoms with Crippen LogP contribution in [0.4, 0.5) is 0 Å². The highest BCUT2D eigenvalue weighted by molar-refractivity contribution is 5.81. The Hall–Kier alpha value is -4.44. The number of benzene rings is 4. The SMILES string of the molecule is Cc1cc(C)c2oc(-c3ccc(C=Cc4ccc(-c5nc6cc(C)cc(C)c6o5)cc4)cc3)nc2c1. The molecular weight excluding hydrogens is 444 g/mol. The second kappa shape index (κ2) is 8.65. The van der Waals surface area contributed by atoms with Crippen LogP contribution >= 0.6 is 0 Å². The van der Waals surface area contributed by atoms with E-state index in [1.54, 1.807) is 0 Å². The van der Waals surface area contributed by atoms with Gasteiger partial charge in [0.05, 0.1) is 0 Å². The zero-order valence-electron chi connectivity index (χ0n) is 20.8. The van der Waals surface area contributed by atoms with Crippen LogP contribution in [0, 0.1) is 27.7 Å². The molecule has 0 radical (unpaired) electrons. The van der Waals surface area contributed by atoms with E-state index < -0.39 is 0 Å². The molecule has 0 aliphatic heterocycles. The topological polar surface area (TPSA) is 52.1 Å². The number of hydrogen-bond donors (Lipinski definition) is 0. The smallest absolute Gasteiger partial charge is 0.227 e. The summed E-state index contributed by atoms with van der Waals surface area (Å²) in [4.78, 5) is 9.37. The summed E-state index contributed by atoms with van der Waals surface area (Å²) in [5, 5.41) is 0. The Morgan fingerprint density at radius 2 is 0.917 bits per heavy atom. The van der Waals surface area contributed by atoms with E-state index in [1.807, 2.05) is 24.3 Å². The first-order valence-corrected chi connectivity index (χ1v) is 12.1. The molecule has 0 bridgehead atoms. The minimum atomic E-state index is 0.648. The molecule has 0 unspecified atom stereocenters. The highest BCUT2D eigenvalue weighted by Crippen LogP contribution is 2.29. The van der Waals surface area contributed by atoms with Crippen LogP contribution < -0.4 is 0 Å². The number of nitrogens with zero attached hydrogens (tertiary/aromatic N) is 2. The van der Waals surface area contributed by atoms with Crippen LogP contribution in [0.5, 0.6) is 0 Å². The molecule has 0 amide bonds. The average Bonchev–Trinajstić information content (AvgIpc) is 3.48. The van der Waals surface area contributed by atoms with Gasteiger partial charge in [0, 0.05) is 11.1 Å². The van der Waals surface area contributed by atoms with E-state index in [-0.39, 0.29) is 0 Å². The summed E-state index contributed by atoms with van der Waals surface area (Å²) < 4.78 is 12.1. The predicted octanol–water partition coefficient (Wildman–Crippen LogP) is 8.71. The van der Waals surface area contributed by atoms with E-state index in [9.17, 15) is 0 Å². The zero-order valence-corrected chi connectivity index (χ0v) is 20.8. The number of rotatable bonds is 4. The second-order valence-electron chi connectivity index (χ2n) is 9.48. The van der Waals surface area contributed by atoms with Crippen LogP contribution in [0.15, 0.2) is 81.6 Å². The lowest BCUT2D eigenvalue weighted by atomic mass is 10.1. The molecule has 4 heteroatoms. The first-order valence-electron chi connectivity index (χ1n) is 12.1. The molecule has 0 spiro atoms. The Morgan fingerprint density at radius 1 is 0.528 bits per heavy atom. The van der Waals surface area contributed by atoms with Crippen LogP contribution in [0.2, 0.25) is 0 Å². The second-order valence-corrected chi connectivity index (χ2v) is 9.48. The van der Waals surface area contributed by atoms with Crippen molar-refractivity contribution in [1.29, 1.82) is 0 Å². The molecule has 36 heavy (non-hydrogen) atoms. The van der Waals surface area contributed by atoms with Crippen molar-refractivity contribution in [3.63, 3.8) is 0 Å². The molecule has 2 aromatic heterocycles. The van der Waals surface area contributed by atoms with Crippen molar-refractivity contribution < 1.29 is 8.83 Å². The average molecular weight is 471 g/mol. The van der Waals surface area contributed by atoms with Gasteiger partial charge in [-0.15, -0.1) is 0 Å². The van der Waals surface area contributed by atoms with E-state index in [4.69, 9.17) is 8.83 Å². The van der Waals surface area contributed by atoms with Crippen molar-refractivity contribution in [2.45, 2.75) is 27.7 Å². The molecule has 176 valence electrons. The summed E-state index contributed by atoms with van der Waals surface area (Å²) in [6, 6.07) is 24.9. The molecule has 0 aliphatic rings. The predicted molar refractivity (Wildman–Crippen MR) is 147 cm³/mol. The van der Waals surface area contributed by atoms with Gasteiger partial charge in [0.1, 0.15) is 11.0 Å². The maximum Gasteiger partial charge on any atom is 0.227 e. The molecule has 0 saturated heterocycles. The molecular formula is C32H26N2O2. The van der Waals surface area contributed by atoms with E-state index in [2.05, 4.69) is 98.3 Å². The maximum atomic E-state index is 6.05. The molecule has 6 aromatic rings. The fourth-order valence-corrected chi connectivity index (χ4v) is 4.67. The summed E-state index contributed by atoms with van der Waals surface area (Å²) in [7, 11) is 0. The van der Waals surface area contributed by atoms with Gasteiger partial charge in [-0.05, 0) is 97.5 Å². The van der Waals surface area contributed by atoms with Gasteiger partial charge in [-0.2, -0.15) is 0 Å². The number of hydrogen-bond acceptors (Lipinski definition) is 4. The first-order chi connectivity index (χ1) is 17.4. The van der Waals surface area contributed by atoms with Gasteiger partial charge in [-0.1, -0.05) is 48.6 Å². The molecule has 0 N–H and O–H groups in total. The number of fused-ring (bicyclic) bond motifs is 2. The van der Waals surface area contributed by atoms with Crippen molar-refractivity contribution in [2.75, 3.05) is 0 Å². The standard InChI is InChI=1S/C32H26N2O2/c1-19-15-21(3)29-27(17-19)33-31(35-29)25-11-7-23(8-12-25)5-6-24-9-13-26(14-10-24)32-34-28-18-20(2)16-22(4)30(28)36-32/h5-18H,1-4H3. The molecule has 2 heterocycles. The summed E-state index contributed by atoms with van der Waals surface area (Å²) in [6.07, 6.45) is 4.20. The Kier molecular flexibility index (Phi) is 5.30. The molecule has 0 aliphatic carbocycles. The lowest BCUT2D eigenvalue weighted by molar-refractivity contribution is 0.617. The monoisotopic (exact) mass is 470 g/mol. The molecule has 0 saturated carbocycles. The fraction of sp³-hybridized carbons (Fsp3) is 0.125. The third-order valence-electron chi connectivity index (χ3n) is 6.42. The lowest BCUT2D eigenvalue weighted by Gasteiger charge is -1.99. The van der Waals surface area contributed by atoms with Gasteiger partial charge in [0.25, 0.3) is 0 Å². The van der Waals surface area contributed by atoms with Crippen molar-refractivity contribution in [2.24, 2.45) is 0 Å². The Bertz CT molecular complexity index is 1620. The Morgan fingerprint density at radius 3 is 1.31 bits per heavy atom. The quantitative estimate of drug-likeness (QED) is 0.242. The Balaban J connectivity index is 1.19. The van der Waals surface area contributed by atoms with Crippen molar-refractivity contribution in [1.82, 2.24) is 9.97 Å². The minimum Gasteiger partial charge on any atom is -0.436 e. The van der Waals surface area contributed by atoms with Crippen LogP contribution in [0.1, 0.15) is 33.4 Å². The highest BCUT2D eigenvalue weighted by Gasteiger charge is 2.12. The fourth-order valence-electron chi connectivity index (χ4n) is 4.67. The largest absolute Gasteiger partial charge is 0.436 e. The van der Waals surface area contributed by atoms with Gasteiger partial charge < -0.3 is 8.83 Å². The molecule has 0 fully saturated rings. The number of oxazole rings is 2. The Labute approximate surface area is 209 Å². The number of aryl methyl sites for hydroxylation is 4. The maximum absolute atomic E-state index is 6.05. The summed E-state index contributed by atoms with van der Waals surface area (Å²) in [5.74, 6) is 1.30. The van der Waals surface area contributed by atoms with Crippen LogP contribution in [-0.2, 0) is 0 Å². The zero-order chi connectivity index (χ0) is 24.8. The molecule has 4 nitrogen and oxygen atoms in total. The molecule has 4 aromatic carbocycles. The van der Waals surface area contributed by atoms with Crippen molar-refractivity contribution >= 4 is 34.4 Å². The van der Waals surface area contributed by atoms with E-state index in [0.717, 1.165) is 55.6 Å². The normalized spacial score (nSPS) is 11.8. The third kappa shape index (κ3) is 4.11. The van der Waals surface area contributed by atoms with Crippen LogP contribution in [0.25, 0.3) is 57.3 Å². The number of aromatic nitrogens is 2. The van der Waals surface area contributed by atoms with E-state index in [1.165, 1.54) is 11.1 Å². The highest BCUT2D eigenvalue weighted by atomic mass is 16.4. The third-order valence-corrected chi connectivity index (χ3v) is 6.42. The van der Waals surface area contributed by atoms with Gasteiger partial charge in [-0.25, -0.2) is 9.97 Å². The first kappa shape index (κ1) is 22.1. The summed E-state index contributed by atoms with van der Waals surface area (Å²) in [6.45, 7) is 8.26. The lowest BCUT2D eigenvalue weighted by Crippen LogP contribution is -1.80. The van der Waals surface area contributed by atoms with Gasteiger partial charge in [0.2, 0.25) is 11.8 Å². The van der Waals surface area contributed by atoms with E-state index >= 15 is 0 Å². The van der Waals surface area contributed by atoms with E-state index in [0.29, 0.717) is 11.8 Å². The van der Waals surface area contributed by atoms with Gasteiger partial charge >= 0.3 is 0 Å². The van der Waals surface area contributed by atoms with Crippen LogP contribution in [-0.4, -0.2) is 9.97 Å². The van der Waals surface area contributed by atoms with Gasteiger partial charge in [0.15, 0.2) is 11.2 Å². The van der Waals surface area contributed by atoms with Crippen molar-refractivity contribution in [3.8, 4) is 22.9 Å². The van der Waals surface area contributed by atoms with Crippen LogP contribution in [0.3, 0.4) is 0 Å². The van der Waals surface area contributed by atoms with Gasteiger partial charge in [-0.3, -0.25) is 0 Å². The summed E-state index contributed by atoms with van der Waals surface area (Å²) >= 11 is 0. The molecule has 6 rings (SSSR count).